The van der Waals surface area contributed by atoms with Gasteiger partial charge in [-0.1, -0.05) is 19.1 Å². The molecule has 0 aliphatic rings. The number of carbonyl (C=O) groups excluding carboxylic acids is 2. The first-order valence-corrected chi connectivity index (χ1v) is 6.22. The van der Waals surface area contributed by atoms with Crippen molar-refractivity contribution < 1.29 is 19.1 Å². The molecule has 1 aromatic rings. The molecular formula is C14H20N2O4. The summed E-state index contributed by atoms with van der Waals surface area (Å²) >= 11 is 0. The van der Waals surface area contributed by atoms with Crippen LogP contribution in [0.1, 0.15) is 6.92 Å². The number of urea groups is 1. The van der Waals surface area contributed by atoms with Crippen LogP contribution in [0, 0.1) is 5.92 Å². The lowest BCUT2D eigenvalue weighted by Crippen LogP contribution is -2.37. The molecule has 0 aliphatic heterocycles. The zero-order valence-corrected chi connectivity index (χ0v) is 12.2. The van der Waals surface area contributed by atoms with Crippen molar-refractivity contribution in [3.8, 4) is 5.75 Å². The van der Waals surface area contributed by atoms with Crippen molar-refractivity contribution in [3.63, 3.8) is 0 Å². The molecule has 0 aliphatic carbocycles. The number of hydrogen-bond donors (Lipinski definition) is 1. The summed E-state index contributed by atoms with van der Waals surface area (Å²) < 4.78 is 9.79. The molecule has 6 nitrogen and oxygen atoms in total. The lowest BCUT2D eigenvalue weighted by Gasteiger charge is -2.21. The molecule has 0 bridgehead atoms. The van der Waals surface area contributed by atoms with Crippen LogP contribution in [0.4, 0.5) is 10.5 Å². The van der Waals surface area contributed by atoms with Crippen molar-refractivity contribution in [2.75, 3.05) is 33.1 Å². The van der Waals surface area contributed by atoms with Gasteiger partial charge in [-0.2, -0.15) is 0 Å². The third-order valence-corrected chi connectivity index (χ3v) is 2.85. The third-order valence-electron chi connectivity index (χ3n) is 2.85. The van der Waals surface area contributed by atoms with Crippen molar-refractivity contribution in [2.24, 2.45) is 5.92 Å². The molecule has 1 N–H and O–H groups in total. The lowest BCUT2D eigenvalue weighted by molar-refractivity contribution is -0.145. The number of methoxy groups -OCH3 is 2. The molecule has 6 heteroatoms. The monoisotopic (exact) mass is 280 g/mol. The Kier molecular flexibility index (Phi) is 5.83. The second-order valence-corrected chi connectivity index (χ2v) is 4.44. The number of nitrogens with one attached hydrogen (secondary N) is 1. The van der Waals surface area contributed by atoms with Gasteiger partial charge in [0.1, 0.15) is 5.75 Å². The van der Waals surface area contributed by atoms with E-state index in [1.54, 1.807) is 32.2 Å². The van der Waals surface area contributed by atoms with E-state index in [1.165, 1.54) is 19.1 Å². The van der Waals surface area contributed by atoms with Crippen LogP contribution in [0.3, 0.4) is 0 Å². The van der Waals surface area contributed by atoms with Crippen LogP contribution in [0.5, 0.6) is 5.75 Å². The number of carbonyl (C=O) groups is 2. The minimum atomic E-state index is -0.381. The van der Waals surface area contributed by atoms with E-state index in [0.29, 0.717) is 11.4 Å². The summed E-state index contributed by atoms with van der Waals surface area (Å²) in [6, 6.07) is 6.80. The van der Waals surface area contributed by atoms with E-state index in [1.807, 2.05) is 6.07 Å². The average Bonchev–Trinajstić information content (AvgIpc) is 2.46. The van der Waals surface area contributed by atoms with Gasteiger partial charge in [0, 0.05) is 13.6 Å². The molecule has 1 unspecified atom stereocenters. The number of anilines is 1. The van der Waals surface area contributed by atoms with Gasteiger partial charge in [-0.15, -0.1) is 0 Å². The van der Waals surface area contributed by atoms with Crippen LogP contribution in [-0.4, -0.2) is 44.7 Å². The van der Waals surface area contributed by atoms with Crippen LogP contribution >= 0.6 is 0 Å². The van der Waals surface area contributed by atoms with E-state index in [2.05, 4.69) is 10.1 Å². The molecule has 20 heavy (non-hydrogen) atoms. The van der Waals surface area contributed by atoms with Crippen molar-refractivity contribution in [1.82, 2.24) is 4.90 Å². The molecule has 0 aromatic heterocycles. The molecule has 0 fully saturated rings. The van der Waals surface area contributed by atoms with Gasteiger partial charge in [-0.25, -0.2) is 4.79 Å². The third kappa shape index (κ3) is 4.15. The number of amides is 2. The fraction of sp³-hybridized carbons (Fsp3) is 0.429. The maximum Gasteiger partial charge on any atom is 0.321 e. The van der Waals surface area contributed by atoms with E-state index in [0.717, 1.165) is 0 Å². The van der Waals surface area contributed by atoms with Gasteiger partial charge in [0.15, 0.2) is 0 Å². The molecule has 110 valence electrons. The van der Waals surface area contributed by atoms with E-state index < -0.39 is 0 Å². The molecule has 0 spiro atoms. The summed E-state index contributed by atoms with van der Waals surface area (Å²) in [5.41, 5.74) is 0.581. The molecule has 1 aromatic carbocycles. The number of rotatable bonds is 5. The Morgan fingerprint density at radius 2 is 1.95 bits per heavy atom. The zero-order valence-electron chi connectivity index (χ0n) is 12.2. The molecule has 2 amide bonds. The lowest BCUT2D eigenvalue weighted by atomic mass is 10.2. The quantitative estimate of drug-likeness (QED) is 0.837. The second-order valence-electron chi connectivity index (χ2n) is 4.44. The van der Waals surface area contributed by atoms with Crippen molar-refractivity contribution in [1.29, 1.82) is 0 Å². The highest BCUT2D eigenvalue weighted by Crippen LogP contribution is 2.23. The number of ether oxygens (including phenoxy) is 2. The highest BCUT2D eigenvalue weighted by molar-refractivity contribution is 5.91. The topological polar surface area (TPSA) is 67.9 Å². The Morgan fingerprint density at radius 3 is 2.55 bits per heavy atom. The molecule has 1 atom stereocenters. The van der Waals surface area contributed by atoms with E-state index in [9.17, 15) is 9.59 Å². The van der Waals surface area contributed by atoms with Gasteiger partial charge in [0.25, 0.3) is 0 Å². The predicted octanol–water partition coefficient (Wildman–Crippen LogP) is 1.97. The first-order valence-electron chi connectivity index (χ1n) is 6.22. The van der Waals surface area contributed by atoms with E-state index in [4.69, 9.17) is 4.74 Å². The largest absolute Gasteiger partial charge is 0.495 e. The summed E-state index contributed by atoms with van der Waals surface area (Å²) in [6.45, 7) is 1.98. The van der Waals surface area contributed by atoms with E-state index in [-0.39, 0.29) is 24.5 Å². The predicted molar refractivity (Wildman–Crippen MR) is 75.8 cm³/mol. The average molecular weight is 280 g/mol. The minimum Gasteiger partial charge on any atom is -0.495 e. The van der Waals surface area contributed by atoms with Crippen LogP contribution in [0.25, 0.3) is 0 Å². The number of esters is 1. The molecule has 0 saturated carbocycles. The minimum absolute atomic E-state index is 0.271. The molecule has 0 heterocycles. The van der Waals surface area contributed by atoms with Crippen LogP contribution < -0.4 is 10.1 Å². The van der Waals surface area contributed by atoms with Gasteiger partial charge in [-0.05, 0) is 12.1 Å². The van der Waals surface area contributed by atoms with Crippen LogP contribution in [-0.2, 0) is 9.53 Å². The highest BCUT2D eigenvalue weighted by atomic mass is 16.5. The van der Waals surface area contributed by atoms with Crippen LogP contribution in [0.15, 0.2) is 24.3 Å². The Bertz CT molecular complexity index is 476. The fourth-order valence-corrected chi connectivity index (χ4v) is 1.73. The normalized spacial score (nSPS) is 11.4. The summed E-state index contributed by atoms with van der Waals surface area (Å²) in [4.78, 5) is 24.8. The molecule has 1 rings (SSSR count). The Balaban J connectivity index is 2.64. The van der Waals surface area contributed by atoms with Crippen LogP contribution in [0.2, 0.25) is 0 Å². The molecule has 0 saturated heterocycles. The Morgan fingerprint density at radius 1 is 1.30 bits per heavy atom. The molecule has 0 radical (unpaired) electrons. The van der Waals surface area contributed by atoms with Gasteiger partial charge in [-0.3, -0.25) is 4.79 Å². The smallest absolute Gasteiger partial charge is 0.321 e. The standard InChI is InChI=1S/C14H20N2O4/c1-10(13(17)20-4)9-16(2)14(18)15-11-7-5-6-8-12(11)19-3/h5-8,10H,9H2,1-4H3,(H,15,18). The first kappa shape index (κ1) is 15.8. The maximum absolute atomic E-state index is 12.0. The summed E-state index contributed by atoms with van der Waals surface area (Å²) in [7, 11) is 4.48. The second kappa shape index (κ2) is 7.37. The number of benzene rings is 1. The van der Waals surface area contributed by atoms with Gasteiger partial charge < -0.3 is 19.7 Å². The summed E-state index contributed by atoms with van der Waals surface area (Å²) in [5.74, 6) is -0.148. The number of para-hydroxylation sites is 2. The fourth-order valence-electron chi connectivity index (χ4n) is 1.73. The zero-order chi connectivity index (χ0) is 15.1. The van der Waals surface area contributed by atoms with Gasteiger partial charge in [0.05, 0.1) is 25.8 Å². The Hall–Kier alpha value is -2.24. The SMILES string of the molecule is COC(=O)C(C)CN(C)C(=O)Nc1ccccc1OC. The number of nitrogens with zero attached hydrogens (tertiary/aromatic N) is 1. The summed E-state index contributed by atoms with van der Waals surface area (Å²) in [6.07, 6.45) is 0. The Labute approximate surface area is 118 Å². The highest BCUT2D eigenvalue weighted by Gasteiger charge is 2.19. The van der Waals surface area contributed by atoms with E-state index >= 15 is 0 Å². The van der Waals surface area contributed by atoms with Gasteiger partial charge in [0.2, 0.25) is 0 Å². The number of hydrogen-bond acceptors (Lipinski definition) is 4. The first-order chi connectivity index (χ1) is 9.49. The van der Waals surface area contributed by atoms with Gasteiger partial charge >= 0.3 is 12.0 Å². The maximum atomic E-state index is 12.0. The summed E-state index contributed by atoms with van der Waals surface area (Å²) in [5, 5.41) is 2.73. The van der Waals surface area contributed by atoms with Crippen molar-refractivity contribution in [3.05, 3.63) is 24.3 Å². The van der Waals surface area contributed by atoms with Crippen molar-refractivity contribution >= 4 is 17.7 Å². The molecular weight excluding hydrogens is 260 g/mol. The van der Waals surface area contributed by atoms with Crippen molar-refractivity contribution in [2.45, 2.75) is 6.92 Å².